The lowest BCUT2D eigenvalue weighted by atomic mass is 9.86. The molecule has 0 aromatic rings. The van der Waals surface area contributed by atoms with Gasteiger partial charge >= 0.3 is 6.09 Å². The highest BCUT2D eigenvalue weighted by Gasteiger charge is 2.54. The van der Waals surface area contributed by atoms with Crippen LogP contribution in [-0.4, -0.2) is 57.3 Å². The Bertz CT molecular complexity index is 524. The largest absolute Gasteiger partial charge is 0.453 e. The number of rotatable bonds is 3. The van der Waals surface area contributed by atoms with E-state index in [0.717, 1.165) is 19.4 Å². The second-order valence-electron chi connectivity index (χ2n) is 8.79. The van der Waals surface area contributed by atoms with Crippen LogP contribution in [0.1, 0.15) is 33.6 Å². The van der Waals surface area contributed by atoms with Crippen LogP contribution in [0.4, 0.5) is 4.79 Å². The van der Waals surface area contributed by atoms with E-state index in [1.165, 1.54) is 7.11 Å². The van der Waals surface area contributed by atoms with Gasteiger partial charge in [-0.2, -0.15) is 0 Å². The number of epoxide rings is 1. The van der Waals surface area contributed by atoms with Gasteiger partial charge in [0.15, 0.2) is 8.32 Å². The first-order valence-corrected chi connectivity index (χ1v) is 11.9. The molecule has 0 aromatic carbocycles. The molecule has 0 saturated carbocycles. The first kappa shape index (κ1) is 18.0. The van der Waals surface area contributed by atoms with Crippen LogP contribution in [0.5, 0.6) is 0 Å². The zero-order valence-electron chi connectivity index (χ0n) is 15.7. The maximum absolute atomic E-state index is 12.3. The summed E-state index contributed by atoms with van der Waals surface area (Å²) in [5, 5.41) is 0.184. The highest BCUT2D eigenvalue weighted by atomic mass is 28.4. The Hall–Kier alpha value is -0.853. The monoisotopic (exact) mass is 353 g/mol. The Balaban J connectivity index is 1.81. The minimum atomic E-state index is -1.84. The molecule has 5 atom stereocenters. The third-order valence-corrected chi connectivity index (χ3v) is 10.7. The smallest absolute Gasteiger partial charge is 0.410 e. The zero-order valence-corrected chi connectivity index (χ0v) is 16.7. The number of carbonyl (C=O) groups excluding carboxylic acids is 1. The van der Waals surface area contributed by atoms with E-state index in [-0.39, 0.29) is 35.4 Å². The van der Waals surface area contributed by atoms with Crippen molar-refractivity contribution >= 4 is 14.4 Å². The minimum absolute atomic E-state index is 0.0650. The number of fused-ring (bicyclic) bond motifs is 1. The molecule has 2 heterocycles. The first-order chi connectivity index (χ1) is 11.2. The molecular weight excluding hydrogens is 322 g/mol. The molecule has 0 bridgehead atoms. The minimum Gasteiger partial charge on any atom is -0.453 e. The number of carbonyl (C=O) groups is 1. The second-order valence-corrected chi connectivity index (χ2v) is 13.5. The van der Waals surface area contributed by atoms with Crippen LogP contribution in [-0.2, 0) is 13.9 Å². The Morgan fingerprint density at radius 1 is 1.33 bits per heavy atom. The summed E-state index contributed by atoms with van der Waals surface area (Å²) < 4.78 is 17.3. The number of ether oxygens (including phenoxy) is 2. The molecule has 0 spiro atoms. The van der Waals surface area contributed by atoms with E-state index >= 15 is 0 Å². The van der Waals surface area contributed by atoms with Gasteiger partial charge in [0, 0.05) is 5.92 Å². The average Bonchev–Trinajstić information content (AvgIpc) is 3.25. The van der Waals surface area contributed by atoms with Gasteiger partial charge in [-0.05, 0) is 31.0 Å². The molecule has 6 heteroatoms. The van der Waals surface area contributed by atoms with Crippen molar-refractivity contribution in [1.82, 2.24) is 4.90 Å². The van der Waals surface area contributed by atoms with Gasteiger partial charge in [0.2, 0.25) is 0 Å². The molecule has 1 unspecified atom stereocenters. The van der Waals surface area contributed by atoms with Crippen molar-refractivity contribution in [1.29, 1.82) is 0 Å². The summed E-state index contributed by atoms with van der Waals surface area (Å²) in [5.74, 6) is 0.331. The molecule has 2 fully saturated rings. The van der Waals surface area contributed by atoms with Gasteiger partial charge in [0.05, 0.1) is 31.9 Å². The van der Waals surface area contributed by atoms with E-state index < -0.39 is 8.32 Å². The fraction of sp³-hybridized carbons (Fsp3) is 0.833. The summed E-state index contributed by atoms with van der Waals surface area (Å²) >= 11 is 0. The van der Waals surface area contributed by atoms with Crippen molar-refractivity contribution in [3.05, 3.63) is 12.2 Å². The van der Waals surface area contributed by atoms with Crippen molar-refractivity contribution < 1.29 is 18.7 Å². The molecule has 0 aromatic heterocycles. The molecular formula is C18H31NO4Si. The Labute approximate surface area is 146 Å². The lowest BCUT2D eigenvalue weighted by Gasteiger charge is -2.42. The molecule has 3 rings (SSSR count). The SMILES string of the molecule is COC(=O)N1[C@H](C2CO2)C[C@@H]2[C@H](O[Si](C)(C)C(C)(C)C)CC=C[C@@H]21. The van der Waals surface area contributed by atoms with Gasteiger partial charge in [-0.3, -0.25) is 4.90 Å². The van der Waals surface area contributed by atoms with Gasteiger partial charge in [0.25, 0.3) is 0 Å². The van der Waals surface area contributed by atoms with Crippen molar-refractivity contribution in [2.45, 2.75) is 76.0 Å². The van der Waals surface area contributed by atoms with Crippen molar-refractivity contribution in [3.8, 4) is 0 Å². The molecule has 3 aliphatic rings. The average molecular weight is 354 g/mol. The number of hydrogen-bond acceptors (Lipinski definition) is 4. The van der Waals surface area contributed by atoms with Crippen LogP contribution >= 0.6 is 0 Å². The summed E-state index contributed by atoms with van der Waals surface area (Å²) in [4.78, 5) is 14.2. The molecule has 0 radical (unpaired) electrons. The van der Waals surface area contributed by atoms with Gasteiger partial charge < -0.3 is 13.9 Å². The second kappa shape index (κ2) is 6.14. The maximum Gasteiger partial charge on any atom is 0.410 e. The summed E-state index contributed by atoms with van der Waals surface area (Å²) in [6, 6.07) is 0.177. The maximum atomic E-state index is 12.3. The Morgan fingerprint density at radius 2 is 2.00 bits per heavy atom. The Kier molecular flexibility index (Phi) is 4.60. The fourth-order valence-corrected chi connectivity index (χ4v) is 5.14. The lowest BCUT2D eigenvalue weighted by molar-refractivity contribution is 0.0802. The third-order valence-electron chi connectivity index (χ3n) is 6.24. The molecule has 1 aliphatic carbocycles. The van der Waals surface area contributed by atoms with Gasteiger partial charge in [-0.15, -0.1) is 0 Å². The summed E-state index contributed by atoms with van der Waals surface area (Å²) in [7, 11) is -0.388. The molecule has 2 aliphatic heterocycles. The first-order valence-electron chi connectivity index (χ1n) is 8.98. The quantitative estimate of drug-likeness (QED) is 0.442. The fourth-order valence-electron chi connectivity index (χ4n) is 3.76. The highest BCUT2D eigenvalue weighted by molar-refractivity contribution is 6.74. The molecule has 136 valence electrons. The molecule has 5 nitrogen and oxygen atoms in total. The number of likely N-dealkylation sites (tertiary alicyclic amines) is 1. The summed E-state index contributed by atoms with van der Waals surface area (Å²) in [6.07, 6.45) is 6.30. The van der Waals surface area contributed by atoms with Crippen LogP contribution in [0.2, 0.25) is 18.1 Å². The molecule has 24 heavy (non-hydrogen) atoms. The van der Waals surface area contributed by atoms with Crippen molar-refractivity contribution in [3.63, 3.8) is 0 Å². The van der Waals surface area contributed by atoms with E-state index in [2.05, 4.69) is 46.0 Å². The van der Waals surface area contributed by atoms with E-state index in [4.69, 9.17) is 13.9 Å². The van der Waals surface area contributed by atoms with Crippen LogP contribution < -0.4 is 0 Å². The zero-order chi connectivity index (χ0) is 17.7. The van der Waals surface area contributed by atoms with E-state index in [1.807, 2.05) is 4.90 Å². The molecule has 1 amide bonds. The topological polar surface area (TPSA) is 51.3 Å². The summed E-state index contributed by atoms with van der Waals surface area (Å²) in [5.41, 5.74) is 0. The number of nitrogens with zero attached hydrogens (tertiary/aromatic N) is 1. The van der Waals surface area contributed by atoms with Gasteiger partial charge in [0.1, 0.15) is 6.10 Å². The normalized spacial score (nSPS) is 35.8. The third kappa shape index (κ3) is 3.16. The van der Waals surface area contributed by atoms with Gasteiger partial charge in [-0.1, -0.05) is 32.9 Å². The highest BCUT2D eigenvalue weighted by Crippen LogP contribution is 2.45. The number of hydrogen-bond donors (Lipinski definition) is 0. The Morgan fingerprint density at radius 3 is 2.54 bits per heavy atom. The van der Waals surface area contributed by atoms with E-state index in [9.17, 15) is 4.79 Å². The van der Waals surface area contributed by atoms with Crippen LogP contribution in [0.3, 0.4) is 0 Å². The number of amides is 1. The predicted molar refractivity (Wildman–Crippen MR) is 95.5 cm³/mol. The number of methoxy groups -OCH3 is 1. The van der Waals surface area contributed by atoms with Crippen molar-refractivity contribution in [2.24, 2.45) is 5.92 Å². The van der Waals surface area contributed by atoms with E-state index in [1.54, 1.807) is 0 Å². The predicted octanol–water partition coefficient (Wildman–Crippen LogP) is 3.56. The van der Waals surface area contributed by atoms with Crippen molar-refractivity contribution in [2.75, 3.05) is 13.7 Å². The van der Waals surface area contributed by atoms with Crippen LogP contribution in [0, 0.1) is 5.92 Å². The van der Waals surface area contributed by atoms with Gasteiger partial charge in [-0.25, -0.2) is 4.79 Å². The van der Waals surface area contributed by atoms with Crippen LogP contribution in [0.25, 0.3) is 0 Å². The standard InChI is InChI=1S/C18H31NO4Si/c1-18(2,3)24(5,6)23-15-9-7-8-13-12(15)10-14(16-11-22-16)19(13)17(20)21-4/h7-8,12-16H,9-11H2,1-6H3/t12-,13-,14-,15+,16?/m0/s1. The molecule has 2 saturated heterocycles. The molecule has 0 N–H and O–H groups in total. The van der Waals surface area contributed by atoms with E-state index in [0.29, 0.717) is 5.92 Å². The summed E-state index contributed by atoms with van der Waals surface area (Å²) in [6.45, 7) is 12.2. The van der Waals surface area contributed by atoms with Crippen LogP contribution in [0.15, 0.2) is 12.2 Å². The lowest BCUT2D eigenvalue weighted by Crippen LogP contribution is -2.49.